The molecule has 1 aliphatic heterocycles. The van der Waals surface area contributed by atoms with Gasteiger partial charge in [0.15, 0.2) is 5.69 Å². The first kappa shape index (κ1) is 16.0. The molecule has 1 fully saturated rings. The van der Waals surface area contributed by atoms with Gasteiger partial charge in [-0.2, -0.15) is 13.2 Å². The molecule has 1 atom stereocenters. The fourth-order valence-electron chi connectivity index (χ4n) is 3.13. The number of piperidine rings is 1. The molecule has 2 aromatic rings. The lowest BCUT2D eigenvalue weighted by molar-refractivity contribution is -0.141. The highest BCUT2D eigenvalue weighted by molar-refractivity contribution is 5.12. The molecule has 126 valence electrons. The Balaban J connectivity index is 1.72. The van der Waals surface area contributed by atoms with Crippen molar-refractivity contribution in [3.8, 4) is 0 Å². The van der Waals surface area contributed by atoms with Crippen LogP contribution in [0.5, 0.6) is 0 Å². The Morgan fingerprint density at radius 1 is 1.39 bits per heavy atom. The molecule has 2 aromatic heterocycles. The van der Waals surface area contributed by atoms with E-state index in [1.54, 1.807) is 7.05 Å². The zero-order valence-electron chi connectivity index (χ0n) is 13.1. The molecule has 0 radical (unpaired) electrons. The predicted molar refractivity (Wildman–Crippen MR) is 76.7 cm³/mol. The van der Waals surface area contributed by atoms with Gasteiger partial charge in [-0.1, -0.05) is 5.16 Å². The van der Waals surface area contributed by atoms with E-state index in [1.165, 1.54) is 4.57 Å². The summed E-state index contributed by atoms with van der Waals surface area (Å²) in [5.74, 6) is 1.25. The second kappa shape index (κ2) is 5.99. The number of aromatic nitrogens is 3. The second-order valence-corrected chi connectivity index (χ2v) is 6.10. The van der Waals surface area contributed by atoms with Gasteiger partial charge in [-0.15, -0.1) is 0 Å². The normalized spacial score (nSPS) is 20.1. The van der Waals surface area contributed by atoms with Gasteiger partial charge in [-0.3, -0.25) is 4.90 Å². The highest BCUT2D eigenvalue weighted by Crippen LogP contribution is 2.32. The minimum atomic E-state index is -4.40. The van der Waals surface area contributed by atoms with Gasteiger partial charge in [0.1, 0.15) is 11.6 Å². The second-order valence-electron chi connectivity index (χ2n) is 6.10. The van der Waals surface area contributed by atoms with Crippen LogP contribution < -0.4 is 0 Å². The number of aryl methyl sites for hydroxylation is 2. The first-order valence-corrected chi connectivity index (χ1v) is 7.58. The van der Waals surface area contributed by atoms with Crippen LogP contribution >= 0.6 is 0 Å². The van der Waals surface area contributed by atoms with E-state index in [0.717, 1.165) is 37.0 Å². The van der Waals surface area contributed by atoms with Crippen molar-refractivity contribution in [3.05, 3.63) is 35.2 Å². The highest BCUT2D eigenvalue weighted by atomic mass is 19.4. The Morgan fingerprint density at radius 2 is 2.17 bits per heavy atom. The van der Waals surface area contributed by atoms with E-state index in [0.29, 0.717) is 18.9 Å². The quantitative estimate of drug-likeness (QED) is 0.868. The van der Waals surface area contributed by atoms with E-state index in [2.05, 4.69) is 15.0 Å². The van der Waals surface area contributed by atoms with Crippen molar-refractivity contribution in [1.82, 2.24) is 19.6 Å². The van der Waals surface area contributed by atoms with Crippen LogP contribution in [-0.2, 0) is 19.8 Å². The fourth-order valence-corrected chi connectivity index (χ4v) is 3.13. The van der Waals surface area contributed by atoms with Crippen LogP contribution in [0.3, 0.4) is 0 Å². The number of halogens is 3. The molecule has 0 aliphatic carbocycles. The largest absolute Gasteiger partial charge is 0.434 e. The molecule has 0 saturated carbocycles. The molecule has 1 saturated heterocycles. The van der Waals surface area contributed by atoms with Gasteiger partial charge in [0, 0.05) is 38.3 Å². The van der Waals surface area contributed by atoms with Crippen molar-refractivity contribution in [2.24, 2.45) is 7.05 Å². The van der Waals surface area contributed by atoms with Crippen LogP contribution in [0.1, 0.15) is 41.7 Å². The summed E-state index contributed by atoms with van der Waals surface area (Å²) in [6.07, 6.45) is -1.57. The molecule has 0 bridgehead atoms. The summed E-state index contributed by atoms with van der Waals surface area (Å²) in [6.45, 7) is 4.06. The third kappa shape index (κ3) is 3.57. The molecule has 5 nitrogen and oxygen atoms in total. The van der Waals surface area contributed by atoms with Crippen molar-refractivity contribution < 1.29 is 17.7 Å². The van der Waals surface area contributed by atoms with Crippen molar-refractivity contribution in [1.29, 1.82) is 0 Å². The lowest BCUT2D eigenvalue weighted by Gasteiger charge is -2.31. The first-order chi connectivity index (χ1) is 10.8. The summed E-state index contributed by atoms with van der Waals surface area (Å²) in [5.41, 5.74) is 0.0261. The summed E-state index contributed by atoms with van der Waals surface area (Å²) in [4.78, 5) is 6.02. The third-order valence-electron chi connectivity index (χ3n) is 4.14. The Labute approximate surface area is 132 Å². The summed E-state index contributed by atoms with van der Waals surface area (Å²) in [7, 11) is 1.62. The number of hydrogen-bond donors (Lipinski definition) is 0. The predicted octanol–water partition coefficient (Wildman–Crippen LogP) is 3.11. The maximum absolute atomic E-state index is 12.8. The summed E-state index contributed by atoms with van der Waals surface area (Å²) >= 11 is 0. The van der Waals surface area contributed by atoms with Crippen LogP contribution in [-0.4, -0.2) is 32.7 Å². The zero-order chi connectivity index (χ0) is 16.6. The van der Waals surface area contributed by atoms with Crippen LogP contribution in [0.4, 0.5) is 13.2 Å². The average Bonchev–Trinajstić information content (AvgIpc) is 3.05. The first-order valence-electron chi connectivity index (χ1n) is 7.58. The van der Waals surface area contributed by atoms with E-state index >= 15 is 0 Å². The molecule has 0 amide bonds. The number of nitrogens with zero attached hydrogens (tertiary/aromatic N) is 4. The topological polar surface area (TPSA) is 47.1 Å². The van der Waals surface area contributed by atoms with Crippen molar-refractivity contribution >= 4 is 0 Å². The fraction of sp³-hybridized carbons (Fsp3) is 0.600. The van der Waals surface area contributed by atoms with E-state index < -0.39 is 11.9 Å². The average molecular weight is 328 g/mol. The minimum absolute atomic E-state index is 0.00199. The highest BCUT2D eigenvalue weighted by Gasteiger charge is 2.36. The molecular weight excluding hydrogens is 309 g/mol. The molecule has 1 aliphatic rings. The van der Waals surface area contributed by atoms with Crippen LogP contribution in [0.2, 0.25) is 0 Å². The number of likely N-dealkylation sites (tertiary alicyclic amines) is 1. The molecule has 0 spiro atoms. The number of alkyl halides is 3. The number of hydrogen-bond acceptors (Lipinski definition) is 4. The van der Waals surface area contributed by atoms with E-state index in [1.807, 2.05) is 13.0 Å². The monoisotopic (exact) mass is 328 g/mol. The molecular formula is C15H19F3N4O. The van der Waals surface area contributed by atoms with Gasteiger partial charge in [0.05, 0.1) is 5.69 Å². The molecule has 0 N–H and O–H groups in total. The Hall–Kier alpha value is -1.83. The van der Waals surface area contributed by atoms with Gasteiger partial charge in [0.25, 0.3) is 0 Å². The van der Waals surface area contributed by atoms with Gasteiger partial charge in [0.2, 0.25) is 0 Å². The molecule has 3 heterocycles. The molecule has 23 heavy (non-hydrogen) atoms. The van der Waals surface area contributed by atoms with E-state index in [4.69, 9.17) is 4.52 Å². The van der Waals surface area contributed by atoms with Crippen LogP contribution in [0.25, 0.3) is 0 Å². The van der Waals surface area contributed by atoms with E-state index in [-0.39, 0.29) is 5.92 Å². The van der Waals surface area contributed by atoms with E-state index in [9.17, 15) is 13.2 Å². The van der Waals surface area contributed by atoms with Gasteiger partial charge < -0.3 is 9.09 Å². The lowest BCUT2D eigenvalue weighted by Crippen LogP contribution is -2.34. The van der Waals surface area contributed by atoms with Crippen LogP contribution in [0, 0.1) is 6.92 Å². The van der Waals surface area contributed by atoms with Crippen molar-refractivity contribution in [2.75, 3.05) is 13.1 Å². The SMILES string of the molecule is Cc1cc(CN2CCC[C@@H](c3nc(C(F)(F)F)cn3C)C2)no1. The summed E-state index contributed by atoms with van der Waals surface area (Å²) < 4.78 is 45.0. The maximum Gasteiger partial charge on any atom is 0.434 e. The van der Waals surface area contributed by atoms with Gasteiger partial charge in [-0.05, 0) is 26.3 Å². The summed E-state index contributed by atoms with van der Waals surface area (Å²) in [6, 6.07) is 1.88. The minimum Gasteiger partial charge on any atom is -0.361 e. The van der Waals surface area contributed by atoms with Gasteiger partial charge in [-0.25, -0.2) is 4.98 Å². The summed E-state index contributed by atoms with van der Waals surface area (Å²) in [5, 5.41) is 3.98. The molecule has 3 rings (SSSR count). The molecule has 0 aromatic carbocycles. The standard InChI is InChI=1S/C15H19F3N4O/c1-10-6-12(20-23-10)8-22-5-3-4-11(7-22)14-19-13(9-21(14)2)15(16,17)18/h6,9,11H,3-5,7-8H2,1-2H3/t11-/m1/s1. The lowest BCUT2D eigenvalue weighted by atomic mass is 9.97. The number of imidazole rings is 1. The maximum atomic E-state index is 12.8. The van der Waals surface area contributed by atoms with Crippen LogP contribution in [0.15, 0.2) is 16.8 Å². The Kier molecular flexibility index (Phi) is 4.18. The third-order valence-corrected chi connectivity index (χ3v) is 4.14. The van der Waals surface area contributed by atoms with Crippen molar-refractivity contribution in [3.63, 3.8) is 0 Å². The molecule has 8 heteroatoms. The van der Waals surface area contributed by atoms with Crippen molar-refractivity contribution in [2.45, 2.75) is 38.4 Å². The Bertz CT molecular complexity index is 677. The Morgan fingerprint density at radius 3 is 2.78 bits per heavy atom. The zero-order valence-corrected chi connectivity index (χ0v) is 13.1. The number of rotatable bonds is 3. The van der Waals surface area contributed by atoms with Gasteiger partial charge >= 0.3 is 6.18 Å². The smallest absolute Gasteiger partial charge is 0.361 e. The molecule has 0 unspecified atom stereocenters.